The van der Waals surface area contributed by atoms with Gasteiger partial charge in [0.2, 0.25) is 0 Å². The van der Waals surface area contributed by atoms with E-state index in [0.717, 1.165) is 11.3 Å². The smallest absolute Gasteiger partial charge is 0.122 e. The van der Waals surface area contributed by atoms with Gasteiger partial charge in [0.1, 0.15) is 18.5 Å². The van der Waals surface area contributed by atoms with Gasteiger partial charge < -0.3 is 14.7 Å². The lowest BCUT2D eigenvalue weighted by Crippen LogP contribution is -2.40. The largest absolute Gasteiger partial charge is 0.491 e. The van der Waals surface area contributed by atoms with Crippen LogP contribution in [0.3, 0.4) is 0 Å². The predicted molar refractivity (Wildman–Crippen MR) is 82.2 cm³/mol. The number of rotatable bonds is 6. The minimum Gasteiger partial charge on any atom is -0.491 e. The first-order valence-corrected chi connectivity index (χ1v) is 7.73. The molecule has 1 aliphatic carbocycles. The maximum atomic E-state index is 10.1. The normalized spacial score (nSPS) is 18.2. The van der Waals surface area contributed by atoms with E-state index in [4.69, 9.17) is 4.74 Å². The molecule has 0 saturated heterocycles. The van der Waals surface area contributed by atoms with Crippen LogP contribution in [0.2, 0.25) is 0 Å². The van der Waals surface area contributed by atoms with Gasteiger partial charge in [0.15, 0.2) is 0 Å². The molecule has 2 rings (SSSR count). The molecule has 1 aromatic rings. The fourth-order valence-electron chi connectivity index (χ4n) is 2.96. The molecule has 1 fully saturated rings. The van der Waals surface area contributed by atoms with Crippen molar-refractivity contribution in [1.82, 2.24) is 4.90 Å². The van der Waals surface area contributed by atoms with Crippen molar-refractivity contribution in [2.45, 2.75) is 51.2 Å². The van der Waals surface area contributed by atoms with E-state index < -0.39 is 6.10 Å². The molecule has 0 spiro atoms. The van der Waals surface area contributed by atoms with Gasteiger partial charge in [-0.1, -0.05) is 37.5 Å². The van der Waals surface area contributed by atoms with Crippen LogP contribution in [-0.4, -0.2) is 42.4 Å². The summed E-state index contributed by atoms with van der Waals surface area (Å²) >= 11 is 0. The molecule has 112 valence electrons. The number of para-hydroxylation sites is 1. The summed E-state index contributed by atoms with van der Waals surface area (Å²) in [6.45, 7) is 3.08. The highest BCUT2D eigenvalue weighted by atomic mass is 16.5. The summed E-state index contributed by atoms with van der Waals surface area (Å²) in [6.07, 6.45) is 6.12. The van der Waals surface area contributed by atoms with Gasteiger partial charge in [-0.2, -0.15) is 0 Å². The fourth-order valence-corrected chi connectivity index (χ4v) is 2.96. The van der Waals surface area contributed by atoms with E-state index in [0.29, 0.717) is 19.2 Å². The van der Waals surface area contributed by atoms with E-state index in [-0.39, 0.29) is 0 Å². The van der Waals surface area contributed by atoms with E-state index in [1.54, 1.807) is 0 Å². The summed E-state index contributed by atoms with van der Waals surface area (Å²) in [5.41, 5.74) is 1.11. The fraction of sp³-hybridized carbons (Fsp3) is 0.647. The highest BCUT2D eigenvalue weighted by Crippen LogP contribution is 2.22. The van der Waals surface area contributed by atoms with E-state index in [2.05, 4.69) is 11.9 Å². The second kappa shape index (κ2) is 7.65. The Morgan fingerprint density at radius 1 is 1.25 bits per heavy atom. The van der Waals surface area contributed by atoms with Gasteiger partial charge in [-0.05, 0) is 38.4 Å². The number of ether oxygens (including phenoxy) is 1. The van der Waals surface area contributed by atoms with Gasteiger partial charge in [-0.3, -0.25) is 0 Å². The lowest BCUT2D eigenvalue weighted by molar-refractivity contribution is 0.0559. The molecule has 1 N–H and O–H groups in total. The zero-order chi connectivity index (χ0) is 14.4. The van der Waals surface area contributed by atoms with Gasteiger partial charge in [0, 0.05) is 12.6 Å². The van der Waals surface area contributed by atoms with Crippen LogP contribution in [0.25, 0.3) is 0 Å². The highest BCUT2D eigenvalue weighted by molar-refractivity contribution is 5.31. The van der Waals surface area contributed by atoms with Crippen LogP contribution < -0.4 is 4.74 Å². The summed E-state index contributed by atoms with van der Waals surface area (Å²) in [5.74, 6) is 0.867. The van der Waals surface area contributed by atoms with Crippen LogP contribution >= 0.6 is 0 Å². The second-order valence-corrected chi connectivity index (χ2v) is 5.96. The van der Waals surface area contributed by atoms with Crippen molar-refractivity contribution in [2.24, 2.45) is 0 Å². The average molecular weight is 277 g/mol. The summed E-state index contributed by atoms with van der Waals surface area (Å²) in [7, 11) is 2.12. The Morgan fingerprint density at radius 3 is 2.65 bits per heavy atom. The number of aryl methyl sites for hydroxylation is 1. The van der Waals surface area contributed by atoms with Gasteiger partial charge in [-0.15, -0.1) is 0 Å². The molecule has 0 amide bonds. The van der Waals surface area contributed by atoms with E-state index in [9.17, 15) is 5.11 Å². The Kier molecular flexibility index (Phi) is 5.86. The quantitative estimate of drug-likeness (QED) is 0.867. The Hall–Kier alpha value is -1.06. The molecule has 0 unspecified atom stereocenters. The van der Waals surface area contributed by atoms with Crippen molar-refractivity contribution < 1.29 is 9.84 Å². The van der Waals surface area contributed by atoms with Crippen LogP contribution in [0, 0.1) is 6.92 Å². The number of hydrogen-bond donors (Lipinski definition) is 1. The van der Waals surface area contributed by atoms with Gasteiger partial charge in [-0.25, -0.2) is 0 Å². The van der Waals surface area contributed by atoms with Crippen molar-refractivity contribution in [3.63, 3.8) is 0 Å². The summed E-state index contributed by atoms with van der Waals surface area (Å²) < 4.78 is 5.71. The minimum atomic E-state index is -0.429. The number of benzene rings is 1. The molecule has 0 aliphatic heterocycles. The number of aliphatic hydroxyl groups is 1. The van der Waals surface area contributed by atoms with Crippen LogP contribution in [0.15, 0.2) is 24.3 Å². The van der Waals surface area contributed by atoms with E-state index in [1.807, 2.05) is 31.2 Å². The van der Waals surface area contributed by atoms with Crippen molar-refractivity contribution in [3.05, 3.63) is 29.8 Å². The molecular weight excluding hydrogens is 250 g/mol. The Labute approximate surface area is 122 Å². The first-order chi connectivity index (χ1) is 9.66. The zero-order valence-corrected chi connectivity index (χ0v) is 12.7. The second-order valence-electron chi connectivity index (χ2n) is 5.96. The minimum absolute atomic E-state index is 0.363. The van der Waals surface area contributed by atoms with Crippen LogP contribution in [0.1, 0.15) is 37.7 Å². The number of likely N-dealkylation sites (N-methyl/N-ethyl adjacent to an activating group) is 1. The Bertz CT molecular complexity index is 402. The monoisotopic (exact) mass is 277 g/mol. The number of hydrogen-bond acceptors (Lipinski definition) is 3. The predicted octanol–water partition coefficient (Wildman–Crippen LogP) is 3.00. The van der Waals surface area contributed by atoms with Gasteiger partial charge in [0.05, 0.1) is 0 Å². The molecule has 3 nitrogen and oxygen atoms in total. The standard InChI is InChI=1S/C17H27NO2/c1-14-8-6-7-11-17(14)20-13-16(19)12-18(2)15-9-4-3-5-10-15/h6-8,11,15-16,19H,3-5,9-10,12-13H2,1-2H3/t16-/m1/s1. The average Bonchev–Trinajstić information content (AvgIpc) is 2.47. The highest BCUT2D eigenvalue weighted by Gasteiger charge is 2.20. The summed E-state index contributed by atoms with van der Waals surface area (Å²) in [4.78, 5) is 2.30. The summed E-state index contributed by atoms with van der Waals surface area (Å²) in [6, 6.07) is 8.57. The van der Waals surface area contributed by atoms with Crippen LogP contribution in [-0.2, 0) is 0 Å². The van der Waals surface area contributed by atoms with Crippen molar-refractivity contribution in [2.75, 3.05) is 20.2 Å². The van der Waals surface area contributed by atoms with Crippen molar-refractivity contribution in [1.29, 1.82) is 0 Å². The molecule has 3 heteroatoms. The van der Waals surface area contributed by atoms with Gasteiger partial charge >= 0.3 is 0 Å². The SMILES string of the molecule is Cc1ccccc1OC[C@H](O)CN(C)C1CCCCC1. The maximum Gasteiger partial charge on any atom is 0.122 e. The molecular formula is C17H27NO2. The third-order valence-corrected chi connectivity index (χ3v) is 4.22. The third-order valence-electron chi connectivity index (χ3n) is 4.22. The summed E-state index contributed by atoms with van der Waals surface area (Å²) in [5, 5.41) is 10.1. The van der Waals surface area contributed by atoms with E-state index >= 15 is 0 Å². The molecule has 20 heavy (non-hydrogen) atoms. The topological polar surface area (TPSA) is 32.7 Å². The maximum absolute atomic E-state index is 10.1. The molecule has 1 aromatic carbocycles. The molecule has 0 bridgehead atoms. The number of nitrogens with zero attached hydrogens (tertiary/aromatic N) is 1. The molecule has 0 heterocycles. The number of aliphatic hydroxyl groups excluding tert-OH is 1. The van der Waals surface area contributed by atoms with Crippen LogP contribution in [0.4, 0.5) is 0 Å². The lowest BCUT2D eigenvalue weighted by Gasteiger charge is -2.32. The third kappa shape index (κ3) is 4.50. The Balaban J connectivity index is 1.74. The molecule has 0 aromatic heterocycles. The van der Waals surface area contributed by atoms with Crippen molar-refractivity contribution >= 4 is 0 Å². The first-order valence-electron chi connectivity index (χ1n) is 7.73. The lowest BCUT2D eigenvalue weighted by atomic mass is 9.94. The van der Waals surface area contributed by atoms with E-state index in [1.165, 1.54) is 32.1 Å². The van der Waals surface area contributed by atoms with Gasteiger partial charge in [0.25, 0.3) is 0 Å². The molecule has 0 radical (unpaired) electrons. The molecule has 1 atom stereocenters. The first kappa shape index (κ1) is 15.3. The molecule has 1 aliphatic rings. The molecule has 1 saturated carbocycles. The Morgan fingerprint density at radius 2 is 1.95 bits per heavy atom. The zero-order valence-electron chi connectivity index (χ0n) is 12.7. The van der Waals surface area contributed by atoms with Crippen molar-refractivity contribution in [3.8, 4) is 5.75 Å². The van der Waals surface area contributed by atoms with Crippen LogP contribution in [0.5, 0.6) is 5.75 Å².